The Bertz CT molecular complexity index is 424. The minimum atomic E-state index is 0.328. The molecular weight excluding hydrogens is 242 g/mol. The molecule has 0 aliphatic rings. The first-order valence-electron chi connectivity index (χ1n) is 5.25. The van der Waals surface area contributed by atoms with Crippen LogP contribution in [0.25, 0.3) is 0 Å². The van der Waals surface area contributed by atoms with Gasteiger partial charge in [-0.25, -0.2) is 0 Å². The molecule has 4 heteroatoms. The minimum absolute atomic E-state index is 0.328. The Labute approximate surface area is 104 Å². The molecule has 1 unspecified atom stereocenters. The third-order valence-corrected chi connectivity index (χ3v) is 3.78. The highest BCUT2D eigenvalue weighted by Gasteiger charge is 2.05. The number of thiophene rings is 1. The average Bonchev–Trinajstić information content (AvgIpc) is 2.89. The van der Waals surface area contributed by atoms with E-state index in [4.69, 9.17) is 16.0 Å². The van der Waals surface area contributed by atoms with Crippen molar-refractivity contribution < 1.29 is 4.42 Å². The van der Waals surface area contributed by atoms with Crippen LogP contribution in [0.3, 0.4) is 0 Å². The van der Waals surface area contributed by atoms with Gasteiger partial charge in [0.15, 0.2) is 0 Å². The number of halogens is 1. The van der Waals surface area contributed by atoms with Gasteiger partial charge in [-0.3, -0.25) is 0 Å². The van der Waals surface area contributed by atoms with E-state index in [0.29, 0.717) is 6.04 Å². The van der Waals surface area contributed by atoms with Gasteiger partial charge < -0.3 is 9.73 Å². The number of hydrogen-bond donors (Lipinski definition) is 1. The molecule has 0 aromatic carbocycles. The fourth-order valence-corrected chi connectivity index (χ4v) is 2.62. The van der Waals surface area contributed by atoms with Gasteiger partial charge >= 0.3 is 0 Å². The molecule has 1 atom stereocenters. The van der Waals surface area contributed by atoms with Crippen LogP contribution in [0, 0.1) is 0 Å². The molecule has 0 aliphatic carbocycles. The molecular formula is C12H14ClNOS. The summed E-state index contributed by atoms with van der Waals surface area (Å²) in [6.07, 6.45) is 4.49. The van der Waals surface area contributed by atoms with Crippen molar-refractivity contribution >= 4 is 22.9 Å². The largest absolute Gasteiger partial charge is 0.472 e. The van der Waals surface area contributed by atoms with E-state index in [-0.39, 0.29) is 0 Å². The number of hydrogen-bond acceptors (Lipinski definition) is 3. The second-order valence-electron chi connectivity index (χ2n) is 3.69. The highest BCUT2D eigenvalue weighted by atomic mass is 35.5. The van der Waals surface area contributed by atoms with Crippen LogP contribution >= 0.6 is 22.9 Å². The van der Waals surface area contributed by atoms with Crippen molar-refractivity contribution in [1.82, 2.24) is 5.32 Å². The van der Waals surface area contributed by atoms with Crippen LogP contribution in [0.15, 0.2) is 35.1 Å². The van der Waals surface area contributed by atoms with Crippen molar-refractivity contribution in [2.45, 2.75) is 19.4 Å². The Hall–Kier alpha value is -0.770. The molecule has 16 heavy (non-hydrogen) atoms. The normalized spacial score (nSPS) is 12.9. The van der Waals surface area contributed by atoms with E-state index in [1.54, 1.807) is 23.9 Å². The first-order chi connectivity index (χ1) is 7.75. The summed E-state index contributed by atoms with van der Waals surface area (Å²) in [5.74, 6) is 0. The zero-order valence-electron chi connectivity index (χ0n) is 9.07. The summed E-state index contributed by atoms with van der Waals surface area (Å²) in [5, 5.41) is 3.45. The monoisotopic (exact) mass is 255 g/mol. The van der Waals surface area contributed by atoms with Crippen LogP contribution in [-0.2, 0) is 6.42 Å². The standard InChI is InChI=1S/C12H14ClNOS/c1-9(10-5-7-15-8-10)14-6-4-11-2-3-12(13)16-11/h2-3,5,7-9,14H,4,6H2,1H3. The summed E-state index contributed by atoms with van der Waals surface area (Å²) >= 11 is 7.51. The zero-order chi connectivity index (χ0) is 11.4. The molecule has 0 aliphatic heterocycles. The molecule has 0 amide bonds. The lowest BCUT2D eigenvalue weighted by Gasteiger charge is -2.10. The maximum absolute atomic E-state index is 5.87. The highest BCUT2D eigenvalue weighted by Crippen LogP contribution is 2.21. The molecule has 0 saturated carbocycles. The van der Waals surface area contributed by atoms with Crippen molar-refractivity contribution in [2.75, 3.05) is 6.54 Å². The molecule has 2 heterocycles. The molecule has 0 saturated heterocycles. The Kier molecular flexibility index (Phi) is 4.04. The van der Waals surface area contributed by atoms with Gasteiger partial charge in [-0.2, -0.15) is 0 Å². The molecule has 0 bridgehead atoms. The Morgan fingerprint density at radius 2 is 2.31 bits per heavy atom. The van der Waals surface area contributed by atoms with Crippen molar-refractivity contribution in [3.63, 3.8) is 0 Å². The molecule has 2 aromatic heterocycles. The summed E-state index contributed by atoms with van der Waals surface area (Å²) in [6.45, 7) is 3.08. The van der Waals surface area contributed by atoms with Crippen LogP contribution in [0.1, 0.15) is 23.4 Å². The maximum Gasteiger partial charge on any atom is 0.0950 e. The Balaban J connectivity index is 1.76. The van der Waals surface area contributed by atoms with E-state index in [0.717, 1.165) is 17.3 Å². The van der Waals surface area contributed by atoms with E-state index in [2.05, 4.69) is 18.3 Å². The van der Waals surface area contributed by atoms with E-state index in [1.165, 1.54) is 10.4 Å². The first-order valence-corrected chi connectivity index (χ1v) is 6.45. The SMILES string of the molecule is CC(NCCc1ccc(Cl)s1)c1ccoc1. The average molecular weight is 256 g/mol. The van der Waals surface area contributed by atoms with E-state index in [9.17, 15) is 0 Å². The number of furan rings is 1. The molecule has 2 aromatic rings. The Morgan fingerprint density at radius 1 is 1.44 bits per heavy atom. The van der Waals surface area contributed by atoms with Crippen molar-refractivity contribution in [3.8, 4) is 0 Å². The topological polar surface area (TPSA) is 25.2 Å². The maximum atomic E-state index is 5.87. The molecule has 0 fully saturated rings. The van der Waals surface area contributed by atoms with Crippen LogP contribution < -0.4 is 5.32 Å². The Morgan fingerprint density at radius 3 is 2.94 bits per heavy atom. The fraction of sp³-hybridized carbons (Fsp3) is 0.333. The molecule has 1 N–H and O–H groups in total. The van der Waals surface area contributed by atoms with Gasteiger partial charge in [0.05, 0.1) is 16.9 Å². The summed E-state index contributed by atoms with van der Waals surface area (Å²) in [6, 6.07) is 6.34. The predicted octanol–water partition coefficient (Wildman–Crippen LogP) is 3.89. The van der Waals surface area contributed by atoms with E-state index >= 15 is 0 Å². The second-order valence-corrected chi connectivity index (χ2v) is 5.49. The quantitative estimate of drug-likeness (QED) is 0.877. The van der Waals surface area contributed by atoms with Crippen LogP contribution in [-0.4, -0.2) is 6.54 Å². The number of rotatable bonds is 5. The molecule has 2 rings (SSSR count). The third kappa shape index (κ3) is 3.11. The fourth-order valence-electron chi connectivity index (χ4n) is 1.54. The van der Waals surface area contributed by atoms with Gasteiger partial charge in [-0.1, -0.05) is 11.6 Å². The molecule has 2 nitrogen and oxygen atoms in total. The molecule has 0 spiro atoms. The van der Waals surface area contributed by atoms with Gasteiger partial charge in [-0.15, -0.1) is 11.3 Å². The van der Waals surface area contributed by atoms with Crippen LogP contribution in [0.2, 0.25) is 4.34 Å². The lowest BCUT2D eigenvalue weighted by molar-refractivity contribution is 0.540. The predicted molar refractivity (Wildman–Crippen MR) is 68.2 cm³/mol. The van der Waals surface area contributed by atoms with Crippen molar-refractivity contribution in [1.29, 1.82) is 0 Å². The van der Waals surface area contributed by atoms with Crippen LogP contribution in [0.5, 0.6) is 0 Å². The van der Waals surface area contributed by atoms with Gasteiger partial charge in [0.1, 0.15) is 0 Å². The van der Waals surface area contributed by atoms with Crippen LogP contribution in [0.4, 0.5) is 0 Å². The third-order valence-electron chi connectivity index (χ3n) is 2.49. The second kappa shape index (κ2) is 5.53. The number of nitrogens with one attached hydrogen (secondary N) is 1. The van der Waals surface area contributed by atoms with Gasteiger partial charge in [-0.05, 0) is 31.5 Å². The molecule has 0 radical (unpaired) electrons. The lowest BCUT2D eigenvalue weighted by atomic mass is 10.2. The summed E-state index contributed by atoms with van der Waals surface area (Å²) < 4.78 is 5.91. The van der Waals surface area contributed by atoms with Gasteiger partial charge in [0.2, 0.25) is 0 Å². The highest BCUT2D eigenvalue weighted by molar-refractivity contribution is 7.16. The molecule has 86 valence electrons. The summed E-state index contributed by atoms with van der Waals surface area (Å²) in [4.78, 5) is 1.32. The van der Waals surface area contributed by atoms with Crippen molar-refractivity contribution in [2.24, 2.45) is 0 Å². The minimum Gasteiger partial charge on any atom is -0.472 e. The van der Waals surface area contributed by atoms with Gasteiger partial charge in [0, 0.05) is 23.0 Å². The van der Waals surface area contributed by atoms with Gasteiger partial charge in [0.25, 0.3) is 0 Å². The summed E-state index contributed by atoms with van der Waals surface area (Å²) in [7, 11) is 0. The first kappa shape index (κ1) is 11.7. The lowest BCUT2D eigenvalue weighted by Crippen LogP contribution is -2.20. The van der Waals surface area contributed by atoms with E-state index in [1.807, 2.05) is 12.1 Å². The summed E-state index contributed by atoms with van der Waals surface area (Å²) in [5.41, 5.74) is 1.18. The zero-order valence-corrected chi connectivity index (χ0v) is 10.6. The smallest absolute Gasteiger partial charge is 0.0950 e. The van der Waals surface area contributed by atoms with E-state index < -0.39 is 0 Å². The van der Waals surface area contributed by atoms with Crippen molar-refractivity contribution in [3.05, 3.63) is 45.5 Å².